The molecule has 0 bridgehead atoms. The van der Waals surface area contributed by atoms with Gasteiger partial charge in [0, 0.05) is 12.2 Å². The number of fused-ring (bicyclic) bond motifs is 1. The van der Waals surface area contributed by atoms with Crippen molar-refractivity contribution in [1.82, 2.24) is 5.32 Å². The highest BCUT2D eigenvalue weighted by Crippen LogP contribution is 2.26. The van der Waals surface area contributed by atoms with Crippen molar-refractivity contribution in [1.29, 1.82) is 0 Å². The van der Waals surface area contributed by atoms with Crippen LogP contribution in [0.5, 0.6) is 0 Å². The summed E-state index contributed by atoms with van der Waals surface area (Å²) in [5.41, 5.74) is 2.10. The molecule has 120 valence electrons. The van der Waals surface area contributed by atoms with Gasteiger partial charge in [-0.05, 0) is 36.8 Å². The van der Waals surface area contributed by atoms with Crippen molar-refractivity contribution in [2.75, 3.05) is 18.6 Å². The highest BCUT2D eigenvalue weighted by molar-refractivity contribution is 5.95. The number of carbonyl (C=O) groups excluding carboxylic acids is 2. The molecule has 0 aliphatic carbocycles. The van der Waals surface area contributed by atoms with Crippen LogP contribution in [0.1, 0.15) is 32.3 Å². The van der Waals surface area contributed by atoms with Crippen LogP contribution < -0.4 is 10.2 Å². The Bertz CT molecular complexity index is 542. The van der Waals surface area contributed by atoms with Crippen molar-refractivity contribution in [3.8, 4) is 0 Å². The van der Waals surface area contributed by atoms with Gasteiger partial charge in [0.05, 0.1) is 7.11 Å². The van der Waals surface area contributed by atoms with Gasteiger partial charge in [-0.3, -0.25) is 4.90 Å². The van der Waals surface area contributed by atoms with Crippen molar-refractivity contribution < 1.29 is 14.3 Å². The molecule has 1 atom stereocenters. The molecule has 0 spiro atoms. The number of esters is 1. The second-order valence-corrected chi connectivity index (χ2v) is 6.04. The number of hydrogen-bond acceptors (Lipinski definition) is 3. The highest BCUT2D eigenvalue weighted by atomic mass is 16.5. The van der Waals surface area contributed by atoms with Gasteiger partial charge in [0.25, 0.3) is 0 Å². The maximum Gasteiger partial charge on any atom is 0.328 e. The van der Waals surface area contributed by atoms with Crippen molar-refractivity contribution >= 4 is 17.7 Å². The standard InChI is InChI=1S/C17H24N2O3/c1-12(2)11-14(16(20)22-3)18-17(21)19-10-6-8-13-7-4-5-9-15(13)19/h4-5,7,9,12,14H,6,8,10-11H2,1-3H3,(H,18,21). The summed E-state index contributed by atoms with van der Waals surface area (Å²) in [6.45, 7) is 4.69. The Labute approximate surface area is 131 Å². The lowest BCUT2D eigenvalue weighted by atomic mass is 10.0. The summed E-state index contributed by atoms with van der Waals surface area (Å²) >= 11 is 0. The number of rotatable bonds is 4. The van der Waals surface area contributed by atoms with Crippen LogP contribution in [0.15, 0.2) is 24.3 Å². The van der Waals surface area contributed by atoms with Gasteiger partial charge in [-0.25, -0.2) is 9.59 Å². The predicted octanol–water partition coefficient (Wildman–Crippen LogP) is 2.74. The molecule has 1 aromatic rings. The van der Waals surface area contributed by atoms with E-state index in [0.29, 0.717) is 13.0 Å². The summed E-state index contributed by atoms with van der Waals surface area (Å²) in [6.07, 6.45) is 2.47. The average molecular weight is 304 g/mol. The summed E-state index contributed by atoms with van der Waals surface area (Å²) in [5, 5.41) is 2.82. The van der Waals surface area contributed by atoms with E-state index in [1.165, 1.54) is 12.7 Å². The molecule has 1 aromatic carbocycles. The molecule has 2 amide bonds. The topological polar surface area (TPSA) is 58.6 Å². The molecule has 5 nitrogen and oxygen atoms in total. The number of para-hydroxylation sites is 1. The average Bonchev–Trinajstić information content (AvgIpc) is 2.52. The zero-order valence-electron chi connectivity index (χ0n) is 13.5. The number of carbonyl (C=O) groups is 2. The van der Waals surface area contributed by atoms with Gasteiger partial charge >= 0.3 is 12.0 Å². The zero-order chi connectivity index (χ0) is 16.1. The summed E-state index contributed by atoms with van der Waals surface area (Å²) in [5.74, 6) is -0.106. The summed E-state index contributed by atoms with van der Waals surface area (Å²) in [4.78, 5) is 26.2. The maximum atomic E-state index is 12.6. The van der Waals surface area contributed by atoms with Gasteiger partial charge in [-0.2, -0.15) is 0 Å². The van der Waals surface area contributed by atoms with Crippen LogP contribution >= 0.6 is 0 Å². The number of nitrogens with one attached hydrogen (secondary N) is 1. The molecule has 0 radical (unpaired) electrons. The smallest absolute Gasteiger partial charge is 0.328 e. The predicted molar refractivity (Wildman–Crippen MR) is 85.9 cm³/mol. The van der Waals surface area contributed by atoms with Gasteiger partial charge in [0.2, 0.25) is 0 Å². The van der Waals surface area contributed by atoms with Crippen LogP contribution in [0.25, 0.3) is 0 Å². The molecule has 0 saturated carbocycles. The molecular weight excluding hydrogens is 280 g/mol. The number of benzene rings is 1. The Kier molecular flexibility index (Phi) is 5.41. The van der Waals surface area contributed by atoms with Crippen LogP contribution in [0.3, 0.4) is 0 Å². The minimum atomic E-state index is -0.605. The van der Waals surface area contributed by atoms with E-state index < -0.39 is 12.0 Å². The van der Waals surface area contributed by atoms with E-state index >= 15 is 0 Å². The van der Waals surface area contributed by atoms with Gasteiger partial charge in [-0.1, -0.05) is 32.0 Å². The monoisotopic (exact) mass is 304 g/mol. The Balaban J connectivity index is 2.12. The van der Waals surface area contributed by atoms with E-state index in [-0.39, 0.29) is 11.9 Å². The lowest BCUT2D eigenvalue weighted by Crippen LogP contribution is -2.50. The van der Waals surface area contributed by atoms with Gasteiger partial charge in [0.15, 0.2) is 0 Å². The Morgan fingerprint density at radius 2 is 2.05 bits per heavy atom. The largest absolute Gasteiger partial charge is 0.467 e. The first-order chi connectivity index (χ1) is 10.5. The van der Waals surface area contributed by atoms with E-state index in [1.807, 2.05) is 38.1 Å². The van der Waals surface area contributed by atoms with E-state index in [9.17, 15) is 9.59 Å². The van der Waals surface area contributed by atoms with Crippen molar-refractivity contribution in [2.45, 2.75) is 39.2 Å². The number of nitrogens with zero attached hydrogens (tertiary/aromatic N) is 1. The maximum absolute atomic E-state index is 12.6. The fourth-order valence-corrected chi connectivity index (χ4v) is 2.80. The van der Waals surface area contributed by atoms with E-state index in [4.69, 9.17) is 4.74 Å². The van der Waals surface area contributed by atoms with Gasteiger partial charge < -0.3 is 10.1 Å². The van der Waals surface area contributed by atoms with E-state index in [1.54, 1.807) is 4.90 Å². The number of urea groups is 1. The Hall–Kier alpha value is -2.04. The number of anilines is 1. The number of amides is 2. The molecule has 1 N–H and O–H groups in total. The van der Waals surface area contributed by atoms with Crippen molar-refractivity contribution in [3.05, 3.63) is 29.8 Å². The van der Waals surface area contributed by atoms with Crippen molar-refractivity contribution in [2.24, 2.45) is 5.92 Å². The molecule has 5 heteroatoms. The number of aryl methyl sites for hydroxylation is 1. The molecule has 1 aliphatic heterocycles. The van der Waals surface area contributed by atoms with Crippen LogP contribution in [-0.4, -0.2) is 31.7 Å². The lowest BCUT2D eigenvalue weighted by Gasteiger charge is -2.31. The first-order valence-corrected chi connectivity index (χ1v) is 7.76. The number of hydrogen-bond donors (Lipinski definition) is 1. The van der Waals surface area contributed by atoms with E-state index in [0.717, 1.165) is 18.5 Å². The third-order valence-electron chi connectivity index (χ3n) is 3.85. The number of ether oxygens (including phenoxy) is 1. The third kappa shape index (κ3) is 3.78. The highest BCUT2D eigenvalue weighted by Gasteiger charge is 2.27. The van der Waals surface area contributed by atoms with Gasteiger partial charge in [0.1, 0.15) is 6.04 Å². The molecule has 1 aliphatic rings. The van der Waals surface area contributed by atoms with Crippen molar-refractivity contribution in [3.63, 3.8) is 0 Å². The Morgan fingerprint density at radius 1 is 1.32 bits per heavy atom. The molecular formula is C17H24N2O3. The van der Waals surface area contributed by atoms with Crippen LogP contribution in [0, 0.1) is 5.92 Å². The molecule has 1 heterocycles. The number of methoxy groups -OCH3 is 1. The first kappa shape index (κ1) is 16.3. The Morgan fingerprint density at radius 3 is 2.73 bits per heavy atom. The first-order valence-electron chi connectivity index (χ1n) is 7.76. The lowest BCUT2D eigenvalue weighted by molar-refractivity contribution is -0.143. The second kappa shape index (κ2) is 7.29. The molecule has 1 unspecified atom stereocenters. The SMILES string of the molecule is COC(=O)C(CC(C)C)NC(=O)N1CCCc2ccccc21. The molecule has 0 fully saturated rings. The quantitative estimate of drug-likeness (QED) is 0.870. The van der Waals surface area contributed by atoms with Gasteiger partial charge in [-0.15, -0.1) is 0 Å². The van der Waals surface area contributed by atoms with Crippen LogP contribution in [0.4, 0.5) is 10.5 Å². The molecule has 0 aromatic heterocycles. The minimum Gasteiger partial charge on any atom is -0.467 e. The van der Waals surface area contributed by atoms with Crippen LogP contribution in [0.2, 0.25) is 0 Å². The third-order valence-corrected chi connectivity index (χ3v) is 3.85. The van der Waals surface area contributed by atoms with Crippen LogP contribution in [-0.2, 0) is 16.0 Å². The minimum absolute atomic E-state index is 0.233. The summed E-state index contributed by atoms with van der Waals surface area (Å²) < 4.78 is 4.80. The van der Waals surface area contributed by atoms with E-state index in [2.05, 4.69) is 5.32 Å². The normalized spacial score (nSPS) is 15.2. The molecule has 22 heavy (non-hydrogen) atoms. The summed E-state index contributed by atoms with van der Waals surface area (Å²) in [7, 11) is 1.35. The molecule has 0 saturated heterocycles. The zero-order valence-corrected chi connectivity index (χ0v) is 13.5. The fourth-order valence-electron chi connectivity index (χ4n) is 2.80. The summed E-state index contributed by atoms with van der Waals surface area (Å²) in [6, 6.07) is 7.06. The fraction of sp³-hybridized carbons (Fsp3) is 0.529. The molecule has 2 rings (SSSR count). The second-order valence-electron chi connectivity index (χ2n) is 6.04.